The predicted molar refractivity (Wildman–Crippen MR) is 60.5 cm³/mol. The number of aromatic nitrogens is 3. The molecule has 2 rings (SSSR count). The van der Waals surface area contributed by atoms with E-state index in [2.05, 4.69) is 15.0 Å². The van der Waals surface area contributed by atoms with Crippen LogP contribution >= 0.6 is 0 Å². The largest absolute Gasteiger partial charge is 0.447 e. The molecular weight excluding hydrogens is 238 g/mol. The number of cyclic esters (lactones) is 1. The molecule has 0 spiro atoms. The van der Waals surface area contributed by atoms with Crippen molar-refractivity contribution in [2.75, 3.05) is 19.7 Å². The van der Waals surface area contributed by atoms with Gasteiger partial charge in [-0.3, -0.25) is 4.79 Å². The van der Waals surface area contributed by atoms with Crippen LogP contribution in [0.3, 0.4) is 0 Å². The van der Waals surface area contributed by atoms with Gasteiger partial charge in [-0.25, -0.2) is 14.4 Å². The highest BCUT2D eigenvalue weighted by Gasteiger charge is 2.28. The molecule has 2 N–H and O–H groups in total. The van der Waals surface area contributed by atoms with Crippen molar-refractivity contribution in [3.05, 3.63) is 11.9 Å². The minimum atomic E-state index is -0.594. The molecule has 1 saturated heterocycles. The summed E-state index contributed by atoms with van der Waals surface area (Å²) in [5.74, 6) is -0.340. The van der Waals surface area contributed by atoms with Gasteiger partial charge in [0.25, 0.3) is 5.91 Å². The Bertz CT molecular complexity index is 444. The van der Waals surface area contributed by atoms with E-state index in [1.165, 1.54) is 4.68 Å². The molecule has 0 saturated carbocycles. The van der Waals surface area contributed by atoms with Crippen LogP contribution in [-0.2, 0) is 22.5 Å². The number of carbonyl (C=O) groups is 2. The molecule has 0 aliphatic carbocycles. The maximum absolute atomic E-state index is 11.8. The fourth-order valence-electron chi connectivity index (χ4n) is 1.66. The van der Waals surface area contributed by atoms with E-state index in [1.807, 2.05) is 0 Å². The number of imide groups is 1. The van der Waals surface area contributed by atoms with E-state index >= 15 is 0 Å². The summed E-state index contributed by atoms with van der Waals surface area (Å²) in [6.45, 7) is 1.13. The van der Waals surface area contributed by atoms with Crippen LogP contribution in [0.25, 0.3) is 0 Å². The summed E-state index contributed by atoms with van der Waals surface area (Å²) < 4.78 is 6.11. The minimum absolute atomic E-state index is 0.00920. The third kappa shape index (κ3) is 2.83. The molecule has 1 aliphatic heterocycles. The maximum atomic E-state index is 11.8. The molecule has 1 aliphatic rings. The van der Waals surface area contributed by atoms with Gasteiger partial charge in [0.2, 0.25) is 0 Å². The molecule has 98 valence electrons. The fraction of sp³-hybridized carbons (Fsp3) is 0.600. The first-order chi connectivity index (χ1) is 8.70. The lowest BCUT2D eigenvalue weighted by molar-refractivity contribution is -0.128. The second-order valence-electron chi connectivity index (χ2n) is 3.96. The van der Waals surface area contributed by atoms with Gasteiger partial charge in [-0.15, -0.1) is 5.10 Å². The molecule has 0 bridgehead atoms. The van der Waals surface area contributed by atoms with Crippen molar-refractivity contribution in [2.24, 2.45) is 5.73 Å². The van der Waals surface area contributed by atoms with Gasteiger partial charge in [0.05, 0.1) is 12.2 Å². The predicted octanol–water partition coefficient (Wildman–Crippen LogP) is -0.852. The van der Waals surface area contributed by atoms with Crippen molar-refractivity contribution < 1.29 is 14.3 Å². The lowest BCUT2D eigenvalue weighted by Crippen LogP contribution is -2.34. The number of nitrogens with two attached hydrogens (primary N) is 1. The van der Waals surface area contributed by atoms with Gasteiger partial charge in [0, 0.05) is 6.20 Å². The van der Waals surface area contributed by atoms with Crippen LogP contribution in [0.1, 0.15) is 12.1 Å². The zero-order chi connectivity index (χ0) is 13.0. The minimum Gasteiger partial charge on any atom is -0.447 e. The standard InChI is InChI=1S/C10H15N5O3/c11-3-1-2-8-6-14(13-12-8)7-9(16)15-4-5-18-10(15)17/h6H,1-5,7,11H2. The van der Waals surface area contributed by atoms with E-state index < -0.39 is 6.09 Å². The molecule has 2 heterocycles. The Labute approximate surface area is 104 Å². The van der Waals surface area contributed by atoms with Gasteiger partial charge < -0.3 is 10.5 Å². The number of amides is 2. The van der Waals surface area contributed by atoms with Crippen molar-refractivity contribution in [3.63, 3.8) is 0 Å². The number of hydrogen-bond acceptors (Lipinski definition) is 6. The van der Waals surface area contributed by atoms with Gasteiger partial charge in [-0.2, -0.15) is 0 Å². The highest BCUT2D eigenvalue weighted by molar-refractivity contribution is 5.92. The second-order valence-corrected chi connectivity index (χ2v) is 3.96. The Balaban J connectivity index is 1.90. The lowest BCUT2D eigenvalue weighted by atomic mass is 10.2. The molecule has 0 radical (unpaired) electrons. The highest BCUT2D eigenvalue weighted by Crippen LogP contribution is 2.05. The number of carbonyl (C=O) groups excluding carboxylic acids is 2. The molecular formula is C10H15N5O3. The molecule has 1 fully saturated rings. The third-order valence-corrected chi connectivity index (χ3v) is 2.58. The van der Waals surface area contributed by atoms with Crippen LogP contribution in [0.4, 0.5) is 4.79 Å². The van der Waals surface area contributed by atoms with E-state index in [1.54, 1.807) is 6.20 Å². The monoisotopic (exact) mass is 253 g/mol. The Morgan fingerprint density at radius 3 is 3.06 bits per heavy atom. The summed E-state index contributed by atoms with van der Waals surface area (Å²) in [6.07, 6.45) is 2.65. The van der Waals surface area contributed by atoms with E-state index in [-0.39, 0.29) is 19.1 Å². The summed E-state index contributed by atoms with van der Waals surface area (Å²) in [7, 11) is 0. The molecule has 0 atom stereocenters. The van der Waals surface area contributed by atoms with Gasteiger partial charge >= 0.3 is 6.09 Å². The SMILES string of the molecule is NCCCc1cn(CC(=O)N2CCOC2=O)nn1. The average Bonchev–Trinajstić information content (AvgIpc) is 2.95. The van der Waals surface area contributed by atoms with Crippen LogP contribution in [-0.4, -0.2) is 51.6 Å². The van der Waals surface area contributed by atoms with E-state index in [9.17, 15) is 9.59 Å². The van der Waals surface area contributed by atoms with Crippen LogP contribution in [0.15, 0.2) is 6.20 Å². The normalized spacial score (nSPS) is 14.9. The first-order valence-electron chi connectivity index (χ1n) is 5.77. The second kappa shape index (κ2) is 5.58. The quantitative estimate of drug-likeness (QED) is 0.733. The zero-order valence-electron chi connectivity index (χ0n) is 9.91. The first kappa shape index (κ1) is 12.5. The van der Waals surface area contributed by atoms with E-state index in [0.717, 1.165) is 23.4 Å². The fourth-order valence-corrected chi connectivity index (χ4v) is 1.66. The topological polar surface area (TPSA) is 103 Å². The summed E-state index contributed by atoms with van der Waals surface area (Å²) in [5, 5.41) is 7.75. The van der Waals surface area contributed by atoms with Crippen LogP contribution in [0.2, 0.25) is 0 Å². The van der Waals surface area contributed by atoms with Gasteiger partial charge in [0.15, 0.2) is 0 Å². The maximum Gasteiger partial charge on any atom is 0.416 e. The number of hydrogen-bond donors (Lipinski definition) is 1. The van der Waals surface area contributed by atoms with Crippen molar-refractivity contribution in [2.45, 2.75) is 19.4 Å². The molecule has 8 heteroatoms. The van der Waals surface area contributed by atoms with Crippen LogP contribution in [0, 0.1) is 0 Å². The highest BCUT2D eigenvalue weighted by atomic mass is 16.6. The molecule has 0 aromatic carbocycles. The summed E-state index contributed by atoms with van der Waals surface area (Å²) in [6, 6.07) is 0. The molecule has 0 unspecified atom stereocenters. The zero-order valence-corrected chi connectivity index (χ0v) is 9.91. The van der Waals surface area contributed by atoms with Crippen molar-refractivity contribution in [1.29, 1.82) is 0 Å². The van der Waals surface area contributed by atoms with Crippen LogP contribution in [0.5, 0.6) is 0 Å². The molecule has 18 heavy (non-hydrogen) atoms. The smallest absolute Gasteiger partial charge is 0.416 e. The summed E-state index contributed by atoms with van der Waals surface area (Å²) in [4.78, 5) is 24.0. The Morgan fingerprint density at radius 2 is 2.39 bits per heavy atom. The van der Waals surface area contributed by atoms with E-state index in [4.69, 9.17) is 5.73 Å². The molecule has 8 nitrogen and oxygen atoms in total. The van der Waals surface area contributed by atoms with Crippen molar-refractivity contribution in [1.82, 2.24) is 19.9 Å². The summed E-state index contributed by atoms with van der Waals surface area (Å²) in [5.41, 5.74) is 6.18. The Hall–Kier alpha value is -1.96. The van der Waals surface area contributed by atoms with Gasteiger partial charge in [-0.1, -0.05) is 5.21 Å². The molecule has 1 aromatic heterocycles. The van der Waals surface area contributed by atoms with Gasteiger partial charge in [-0.05, 0) is 19.4 Å². The third-order valence-electron chi connectivity index (χ3n) is 2.58. The first-order valence-corrected chi connectivity index (χ1v) is 5.77. The molecule has 2 amide bonds. The van der Waals surface area contributed by atoms with E-state index in [0.29, 0.717) is 13.1 Å². The Kier molecular flexibility index (Phi) is 3.88. The molecule has 1 aromatic rings. The number of rotatable bonds is 5. The van der Waals surface area contributed by atoms with Crippen molar-refractivity contribution in [3.8, 4) is 0 Å². The number of aryl methyl sites for hydroxylation is 1. The van der Waals surface area contributed by atoms with Gasteiger partial charge in [0.1, 0.15) is 13.2 Å². The average molecular weight is 253 g/mol. The van der Waals surface area contributed by atoms with Crippen molar-refractivity contribution >= 4 is 12.0 Å². The van der Waals surface area contributed by atoms with Crippen LogP contribution < -0.4 is 5.73 Å². The summed E-state index contributed by atoms with van der Waals surface area (Å²) >= 11 is 0. The number of nitrogens with zero attached hydrogens (tertiary/aromatic N) is 4. The Morgan fingerprint density at radius 1 is 1.56 bits per heavy atom. The number of ether oxygens (including phenoxy) is 1. The lowest BCUT2D eigenvalue weighted by Gasteiger charge is -2.09.